The Kier molecular flexibility index (Phi) is 5.15. The first-order valence-electron chi connectivity index (χ1n) is 5.14. The summed E-state index contributed by atoms with van der Waals surface area (Å²) in [5.74, 6) is 0.380. The van der Waals surface area contributed by atoms with Gasteiger partial charge in [0.05, 0.1) is 6.10 Å². The van der Waals surface area contributed by atoms with Gasteiger partial charge in [0.2, 0.25) is 0 Å². The number of aliphatic hydroxyl groups is 1. The Hall–Kier alpha value is -0.380. The van der Waals surface area contributed by atoms with E-state index in [0.29, 0.717) is 12.5 Å². The first-order chi connectivity index (χ1) is 6.74. The van der Waals surface area contributed by atoms with E-state index < -0.39 is 0 Å². The summed E-state index contributed by atoms with van der Waals surface area (Å²) in [5.41, 5.74) is 1.30. The van der Waals surface area contributed by atoms with Crippen LogP contribution in [0.15, 0.2) is 16.8 Å². The molecule has 0 spiro atoms. The molecule has 0 bridgehead atoms. The molecular weight excluding hydrogens is 194 g/mol. The minimum Gasteiger partial charge on any atom is -0.392 e. The minimum atomic E-state index is -0.223. The fourth-order valence-corrected chi connectivity index (χ4v) is 1.90. The zero-order valence-electron chi connectivity index (χ0n) is 8.86. The van der Waals surface area contributed by atoms with Gasteiger partial charge in [-0.05, 0) is 28.3 Å². The van der Waals surface area contributed by atoms with Gasteiger partial charge < -0.3 is 10.4 Å². The van der Waals surface area contributed by atoms with Crippen molar-refractivity contribution in [2.24, 2.45) is 5.92 Å². The van der Waals surface area contributed by atoms with Crippen LogP contribution in [0.5, 0.6) is 0 Å². The van der Waals surface area contributed by atoms with Crippen LogP contribution >= 0.6 is 11.3 Å². The molecule has 1 aromatic heterocycles. The van der Waals surface area contributed by atoms with Crippen molar-refractivity contribution < 1.29 is 5.11 Å². The fourth-order valence-electron chi connectivity index (χ4n) is 1.23. The minimum absolute atomic E-state index is 0.223. The molecule has 2 atom stereocenters. The molecule has 0 saturated heterocycles. The molecule has 0 fully saturated rings. The third-order valence-electron chi connectivity index (χ3n) is 2.56. The summed E-state index contributed by atoms with van der Waals surface area (Å²) in [7, 11) is 0. The number of thiophene rings is 1. The van der Waals surface area contributed by atoms with E-state index in [9.17, 15) is 5.11 Å². The Balaban J connectivity index is 2.15. The van der Waals surface area contributed by atoms with Gasteiger partial charge >= 0.3 is 0 Å². The van der Waals surface area contributed by atoms with Gasteiger partial charge in [-0.25, -0.2) is 0 Å². The Bertz CT molecular complexity index is 235. The summed E-state index contributed by atoms with van der Waals surface area (Å²) >= 11 is 1.71. The zero-order chi connectivity index (χ0) is 10.4. The van der Waals surface area contributed by atoms with Crippen LogP contribution in [-0.4, -0.2) is 17.8 Å². The van der Waals surface area contributed by atoms with E-state index in [1.54, 1.807) is 11.3 Å². The zero-order valence-corrected chi connectivity index (χ0v) is 9.68. The maximum absolute atomic E-state index is 9.69. The van der Waals surface area contributed by atoms with E-state index in [0.717, 1.165) is 13.0 Å². The average molecular weight is 213 g/mol. The lowest BCUT2D eigenvalue weighted by Gasteiger charge is -2.17. The SMILES string of the molecule is CCC(C)C(O)CNCc1ccsc1. The van der Waals surface area contributed by atoms with Crippen LogP contribution in [0.1, 0.15) is 25.8 Å². The summed E-state index contributed by atoms with van der Waals surface area (Å²) in [4.78, 5) is 0. The van der Waals surface area contributed by atoms with Crippen LogP contribution in [0.3, 0.4) is 0 Å². The summed E-state index contributed by atoms with van der Waals surface area (Å²) in [6, 6.07) is 2.10. The monoisotopic (exact) mass is 213 g/mol. The maximum Gasteiger partial charge on any atom is 0.0690 e. The predicted molar refractivity (Wildman–Crippen MR) is 61.5 cm³/mol. The second kappa shape index (κ2) is 6.17. The van der Waals surface area contributed by atoms with E-state index in [2.05, 4.69) is 36.0 Å². The van der Waals surface area contributed by atoms with Crippen molar-refractivity contribution in [2.75, 3.05) is 6.54 Å². The number of rotatable bonds is 6. The van der Waals surface area contributed by atoms with Gasteiger partial charge in [0.25, 0.3) is 0 Å². The van der Waals surface area contributed by atoms with Crippen LogP contribution in [0.2, 0.25) is 0 Å². The van der Waals surface area contributed by atoms with E-state index >= 15 is 0 Å². The highest BCUT2D eigenvalue weighted by molar-refractivity contribution is 7.07. The molecule has 2 unspecified atom stereocenters. The van der Waals surface area contributed by atoms with E-state index in [4.69, 9.17) is 0 Å². The molecule has 1 rings (SSSR count). The molecule has 80 valence electrons. The summed E-state index contributed by atoms with van der Waals surface area (Å²) in [6.07, 6.45) is 0.806. The standard InChI is InChI=1S/C11H19NOS/c1-3-9(2)11(13)7-12-6-10-4-5-14-8-10/h4-5,8-9,11-13H,3,6-7H2,1-2H3. The van der Waals surface area contributed by atoms with E-state index in [-0.39, 0.29) is 6.10 Å². The third kappa shape index (κ3) is 3.78. The first kappa shape index (κ1) is 11.7. The highest BCUT2D eigenvalue weighted by Crippen LogP contribution is 2.07. The van der Waals surface area contributed by atoms with Gasteiger partial charge in [0.15, 0.2) is 0 Å². The lowest BCUT2D eigenvalue weighted by Crippen LogP contribution is -2.31. The van der Waals surface area contributed by atoms with Crippen molar-refractivity contribution in [3.8, 4) is 0 Å². The van der Waals surface area contributed by atoms with Crippen molar-refractivity contribution in [3.05, 3.63) is 22.4 Å². The fraction of sp³-hybridized carbons (Fsp3) is 0.636. The van der Waals surface area contributed by atoms with Crippen LogP contribution < -0.4 is 5.32 Å². The molecule has 2 nitrogen and oxygen atoms in total. The molecule has 0 aliphatic heterocycles. The first-order valence-corrected chi connectivity index (χ1v) is 6.08. The topological polar surface area (TPSA) is 32.3 Å². The molecular formula is C11H19NOS. The molecule has 0 amide bonds. The highest BCUT2D eigenvalue weighted by atomic mass is 32.1. The summed E-state index contributed by atoms with van der Waals surface area (Å²) in [5, 5.41) is 17.1. The van der Waals surface area contributed by atoms with Crippen molar-refractivity contribution in [2.45, 2.75) is 32.9 Å². The van der Waals surface area contributed by atoms with Gasteiger partial charge in [0.1, 0.15) is 0 Å². The Labute approximate surface area is 90.0 Å². The Morgan fingerprint density at radius 1 is 1.57 bits per heavy atom. The Morgan fingerprint density at radius 2 is 2.36 bits per heavy atom. The summed E-state index contributed by atoms with van der Waals surface area (Å²) < 4.78 is 0. The molecule has 0 radical (unpaired) electrons. The quantitative estimate of drug-likeness (QED) is 0.759. The molecule has 0 saturated carbocycles. The normalized spacial score (nSPS) is 15.4. The van der Waals surface area contributed by atoms with Crippen LogP contribution in [-0.2, 0) is 6.54 Å². The van der Waals surface area contributed by atoms with E-state index in [1.165, 1.54) is 5.56 Å². The second-order valence-electron chi connectivity index (χ2n) is 3.72. The molecule has 14 heavy (non-hydrogen) atoms. The molecule has 0 aromatic carbocycles. The Morgan fingerprint density at radius 3 is 2.93 bits per heavy atom. The molecule has 0 aliphatic carbocycles. The van der Waals surface area contributed by atoms with Crippen molar-refractivity contribution in [1.82, 2.24) is 5.32 Å². The van der Waals surface area contributed by atoms with Gasteiger partial charge in [-0.15, -0.1) is 0 Å². The number of hydrogen-bond donors (Lipinski definition) is 2. The van der Waals surface area contributed by atoms with Crippen molar-refractivity contribution in [3.63, 3.8) is 0 Å². The van der Waals surface area contributed by atoms with Gasteiger partial charge in [-0.3, -0.25) is 0 Å². The highest BCUT2D eigenvalue weighted by Gasteiger charge is 2.10. The lowest BCUT2D eigenvalue weighted by molar-refractivity contribution is 0.113. The number of nitrogens with one attached hydrogen (secondary N) is 1. The molecule has 1 aromatic rings. The average Bonchev–Trinajstić information content (AvgIpc) is 2.69. The smallest absolute Gasteiger partial charge is 0.0690 e. The molecule has 1 heterocycles. The van der Waals surface area contributed by atoms with Crippen molar-refractivity contribution in [1.29, 1.82) is 0 Å². The summed E-state index contributed by atoms with van der Waals surface area (Å²) in [6.45, 7) is 5.73. The molecule has 2 N–H and O–H groups in total. The second-order valence-corrected chi connectivity index (χ2v) is 4.50. The van der Waals surface area contributed by atoms with Crippen LogP contribution in [0.4, 0.5) is 0 Å². The number of hydrogen-bond acceptors (Lipinski definition) is 3. The molecule has 3 heteroatoms. The van der Waals surface area contributed by atoms with Gasteiger partial charge in [-0.2, -0.15) is 11.3 Å². The third-order valence-corrected chi connectivity index (χ3v) is 3.30. The van der Waals surface area contributed by atoms with E-state index in [1.807, 2.05) is 0 Å². The van der Waals surface area contributed by atoms with Crippen LogP contribution in [0.25, 0.3) is 0 Å². The van der Waals surface area contributed by atoms with Gasteiger partial charge in [-0.1, -0.05) is 20.3 Å². The van der Waals surface area contributed by atoms with Crippen LogP contribution in [0, 0.1) is 5.92 Å². The lowest BCUT2D eigenvalue weighted by atomic mass is 10.0. The van der Waals surface area contributed by atoms with Gasteiger partial charge in [0, 0.05) is 13.1 Å². The predicted octanol–water partition coefficient (Wildman–Crippen LogP) is 2.24. The molecule has 0 aliphatic rings. The largest absolute Gasteiger partial charge is 0.392 e. The number of aliphatic hydroxyl groups excluding tert-OH is 1. The van der Waals surface area contributed by atoms with Crippen molar-refractivity contribution >= 4 is 11.3 Å². The maximum atomic E-state index is 9.69.